The van der Waals surface area contributed by atoms with Crippen molar-refractivity contribution >= 4 is 23.3 Å². The maximum Gasteiger partial charge on any atom is 0.255 e. The quantitative estimate of drug-likeness (QED) is 0.926. The molecule has 1 saturated heterocycles. The number of nitrogens with one attached hydrogen (secondary N) is 1. The van der Waals surface area contributed by atoms with Crippen LogP contribution >= 0.6 is 11.6 Å². The minimum absolute atomic E-state index is 0.0225. The number of aromatic nitrogens is 1. The van der Waals surface area contributed by atoms with Crippen molar-refractivity contribution in [1.82, 2.24) is 9.88 Å². The number of anilines is 1. The third-order valence-corrected chi connectivity index (χ3v) is 3.77. The Morgan fingerprint density at radius 3 is 2.84 bits per heavy atom. The summed E-state index contributed by atoms with van der Waals surface area (Å²) in [7, 11) is 0. The first-order valence-corrected chi connectivity index (χ1v) is 7.11. The number of likely N-dealkylation sites (tertiary alicyclic amines) is 1. The second kappa shape index (κ2) is 5.78. The minimum atomic E-state index is 0.0225. The van der Waals surface area contributed by atoms with Crippen LogP contribution in [0.2, 0.25) is 5.02 Å². The van der Waals surface area contributed by atoms with Gasteiger partial charge in [0.1, 0.15) is 5.82 Å². The topological polar surface area (TPSA) is 45.2 Å². The number of carbonyl (C=O) groups is 1. The van der Waals surface area contributed by atoms with Gasteiger partial charge in [0.25, 0.3) is 5.91 Å². The van der Waals surface area contributed by atoms with Crippen LogP contribution in [0.25, 0.3) is 0 Å². The van der Waals surface area contributed by atoms with E-state index in [9.17, 15) is 4.79 Å². The predicted octanol–water partition coefficient (Wildman–Crippen LogP) is 3.04. The summed E-state index contributed by atoms with van der Waals surface area (Å²) in [5.74, 6) is 1.21. The van der Waals surface area contributed by atoms with Crippen LogP contribution in [0.1, 0.15) is 37.6 Å². The monoisotopic (exact) mass is 281 g/mol. The Balaban J connectivity index is 2.18. The van der Waals surface area contributed by atoms with Crippen LogP contribution in [0.5, 0.6) is 0 Å². The van der Waals surface area contributed by atoms with E-state index in [1.165, 1.54) is 0 Å². The number of rotatable bonds is 3. The third-order valence-electron chi connectivity index (χ3n) is 3.48. The average Bonchev–Trinajstić information content (AvgIpc) is 2.70. The molecule has 2 heterocycles. The van der Waals surface area contributed by atoms with Gasteiger partial charge in [0, 0.05) is 25.3 Å². The first-order chi connectivity index (χ1) is 9.02. The number of carbonyl (C=O) groups excluding carboxylic acids is 1. The molecule has 19 heavy (non-hydrogen) atoms. The molecule has 104 valence electrons. The molecule has 0 spiro atoms. The SMILES string of the molecule is CCNc1ncc(C(=O)N2CC(C)CC2C)cc1Cl. The van der Waals surface area contributed by atoms with Crippen molar-refractivity contribution in [3.63, 3.8) is 0 Å². The van der Waals surface area contributed by atoms with E-state index in [0.717, 1.165) is 19.5 Å². The summed E-state index contributed by atoms with van der Waals surface area (Å²) in [6, 6.07) is 1.99. The van der Waals surface area contributed by atoms with Crippen molar-refractivity contribution in [1.29, 1.82) is 0 Å². The molecule has 2 rings (SSSR count). The highest BCUT2D eigenvalue weighted by atomic mass is 35.5. The highest BCUT2D eigenvalue weighted by Crippen LogP contribution is 2.26. The summed E-state index contributed by atoms with van der Waals surface area (Å²) >= 11 is 6.13. The van der Waals surface area contributed by atoms with Crippen LogP contribution in [0.15, 0.2) is 12.3 Å². The molecule has 1 aliphatic heterocycles. The second-order valence-corrected chi connectivity index (χ2v) is 5.64. The van der Waals surface area contributed by atoms with Crippen LogP contribution < -0.4 is 5.32 Å². The fourth-order valence-electron chi connectivity index (χ4n) is 2.60. The normalized spacial score (nSPS) is 22.6. The molecule has 0 aromatic carbocycles. The van der Waals surface area contributed by atoms with Gasteiger partial charge in [0.2, 0.25) is 0 Å². The van der Waals surface area contributed by atoms with Gasteiger partial charge in [-0.2, -0.15) is 0 Å². The van der Waals surface area contributed by atoms with Gasteiger partial charge < -0.3 is 10.2 Å². The number of amides is 1. The summed E-state index contributed by atoms with van der Waals surface area (Å²) < 4.78 is 0. The van der Waals surface area contributed by atoms with Gasteiger partial charge in [-0.05, 0) is 32.3 Å². The highest BCUT2D eigenvalue weighted by Gasteiger charge is 2.30. The number of hydrogen-bond acceptors (Lipinski definition) is 3. The molecule has 0 radical (unpaired) electrons. The molecule has 0 saturated carbocycles. The summed E-state index contributed by atoms with van der Waals surface area (Å²) in [6.45, 7) is 7.80. The van der Waals surface area contributed by atoms with E-state index in [1.807, 2.05) is 11.8 Å². The number of hydrogen-bond donors (Lipinski definition) is 1. The molecule has 2 unspecified atom stereocenters. The fraction of sp³-hybridized carbons (Fsp3) is 0.571. The molecule has 1 aliphatic rings. The summed E-state index contributed by atoms with van der Waals surface area (Å²) in [5, 5.41) is 3.55. The Bertz CT molecular complexity index is 478. The lowest BCUT2D eigenvalue weighted by molar-refractivity contribution is 0.0743. The average molecular weight is 282 g/mol. The molecule has 1 aromatic heterocycles. The fourth-order valence-corrected chi connectivity index (χ4v) is 2.83. The standard InChI is InChI=1S/C14H20ClN3O/c1-4-16-13-12(15)6-11(7-17-13)14(19)18-8-9(2)5-10(18)3/h6-7,9-10H,4-5,8H2,1-3H3,(H,16,17). The van der Waals surface area contributed by atoms with Crippen LogP contribution in [-0.2, 0) is 0 Å². The van der Waals surface area contributed by atoms with Gasteiger partial charge in [-0.1, -0.05) is 18.5 Å². The van der Waals surface area contributed by atoms with E-state index in [-0.39, 0.29) is 11.9 Å². The van der Waals surface area contributed by atoms with Gasteiger partial charge in [0.15, 0.2) is 0 Å². The molecule has 0 bridgehead atoms. The predicted molar refractivity (Wildman–Crippen MR) is 77.7 cm³/mol. The van der Waals surface area contributed by atoms with E-state index in [4.69, 9.17) is 11.6 Å². The Morgan fingerprint density at radius 2 is 2.32 bits per heavy atom. The van der Waals surface area contributed by atoms with E-state index in [1.54, 1.807) is 12.3 Å². The Hall–Kier alpha value is -1.29. The molecule has 1 amide bonds. The Labute approximate surface area is 119 Å². The van der Waals surface area contributed by atoms with E-state index >= 15 is 0 Å². The van der Waals surface area contributed by atoms with Crippen molar-refractivity contribution in [3.8, 4) is 0 Å². The lowest BCUT2D eigenvalue weighted by atomic mass is 10.1. The van der Waals surface area contributed by atoms with Gasteiger partial charge >= 0.3 is 0 Å². The molecule has 1 fully saturated rings. The van der Waals surface area contributed by atoms with E-state index in [2.05, 4.69) is 24.1 Å². The van der Waals surface area contributed by atoms with Crippen molar-refractivity contribution in [3.05, 3.63) is 22.8 Å². The molecule has 0 aliphatic carbocycles. The second-order valence-electron chi connectivity index (χ2n) is 5.23. The van der Waals surface area contributed by atoms with Gasteiger partial charge in [-0.25, -0.2) is 4.98 Å². The molecule has 5 heteroatoms. The maximum atomic E-state index is 12.4. The van der Waals surface area contributed by atoms with Crippen molar-refractivity contribution in [2.75, 3.05) is 18.4 Å². The van der Waals surface area contributed by atoms with Crippen molar-refractivity contribution in [2.24, 2.45) is 5.92 Å². The largest absolute Gasteiger partial charge is 0.369 e. The Kier molecular flexibility index (Phi) is 4.30. The van der Waals surface area contributed by atoms with Crippen LogP contribution in [-0.4, -0.2) is 34.9 Å². The Morgan fingerprint density at radius 1 is 1.58 bits per heavy atom. The molecular weight excluding hydrogens is 262 g/mol. The number of halogens is 1. The van der Waals surface area contributed by atoms with Crippen LogP contribution in [0.4, 0.5) is 5.82 Å². The minimum Gasteiger partial charge on any atom is -0.369 e. The van der Waals surface area contributed by atoms with Gasteiger partial charge in [0.05, 0.1) is 10.6 Å². The van der Waals surface area contributed by atoms with Gasteiger partial charge in [-0.3, -0.25) is 4.79 Å². The zero-order chi connectivity index (χ0) is 14.0. The summed E-state index contributed by atoms with van der Waals surface area (Å²) in [6.07, 6.45) is 2.66. The highest BCUT2D eigenvalue weighted by molar-refractivity contribution is 6.33. The van der Waals surface area contributed by atoms with Crippen LogP contribution in [0, 0.1) is 5.92 Å². The lowest BCUT2D eigenvalue weighted by Gasteiger charge is -2.21. The lowest BCUT2D eigenvalue weighted by Crippen LogP contribution is -2.34. The third kappa shape index (κ3) is 3.00. The summed E-state index contributed by atoms with van der Waals surface area (Å²) in [5.41, 5.74) is 0.563. The van der Waals surface area contributed by atoms with Crippen LogP contribution in [0.3, 0.4) is 0 Å². The number of pyridine rings is 1. The van der Waals surface area contributed by atoms with Crippen molar-refractivity contribution in [2.45, 2.75) is 33.2 Å². The zero-order valence-electron chi connectivity index (χ0n) is 11.6. The molecule has 1 aromatic rings. The first kappa shape index (κ1) is 14.1. The molecule has 4 nitrogen and oxygen atoms in total. The molecule has 2 atom stereocenters. The number of nitrogens with zero attached hydrogens (tertiary/aromatic N) is 2. The smallest absolute Gasteiger partial charge is 0.255 e. The summed E-state index contributed by atoms with van der Waals surface area (Å²) in [4.78, 5) is 18.6. The first-order valence-electron chi connectivity index (χ1n) is 6.73. The zero-order valence-corrected chi connectivity index (χ0v) is 12.4. The van der Waals surface area contributed by atoms with E-state index in [0.29, 0.717) is 22.3 Å². The van der Waals surface area contributed by atoms with E-state index < -0.39 is 0 Å². The van der Waals surface area contributed by atoms with Crippen molar-refractivity contribution < 1.29 is 4.79 Å². The molecule has 1 N–H and O–H groups in total. The maximum absolute atomic E-state index is 12.4. The molecular formula is C14H20ClN3O. The van der Waals surface area contributed by atoms with Gasteiger partial charge in [-0.15, -0.1) is 0 Å².